The van der Waals surface area contributed by atoms with Gasteiger partial charge in [0, 0.05) is 24.0 Å². The van der Waals surface area contributed by atoms with Gasteiger partial charge >= 0.3 is 0 Å². The molecule has 0 spiro atoms. The number of aromatic nitrogens is 6. The summed E-state index contributed by atoms with van der Waals surface area (Å²) < 4.78 is 13.0. The molecule has 0 saturated carbocycles. The predicted molar refractivity (Wildman–Crippen MR) is 109 cm³/mol. The Kier molecular flexibility index (Phi) is 4.57. The van der Waals surface area contributed by atoms with Crippen LogP contribution in [-0.2, 0) is 13.0 Å². The van der Waals surface area contributed by atoms with Crippen LogP contribution >= 0.6 is 22.9 Å². The number of nitrogens with zero attached hydrogens (tertiary/aromatic N) is 6. The number of nitrogens with one attached hydrogen (secondary N) is 2. The molecular formula is C18H14ClFN8S. The van der Waals surface area contributed by atoms with Crippen molar-refractivity contribution < 1.29 is 4.39 Å². The number of aromatic amines is 1. The topological polar surface area (TPSA) is 95.5 Å². The Bertz CT molecular complexity index is 1160. The van der Waals surface area contributed by atoms with Crippen molar-refractivity contribution in [2.45, 2.75) is 13.0 Å². The van der Waals surface area contributed by atoms with Crippen LogP contribution in [0.5, 0.6) is 0 Å². The van der Waals surface area contributed by atoms with Crippen LogP contribution in [0.3, 0.4) is 0 Å². The van der Waals surface area contributed by atoms with Gasteiger partial charge in [0.1, 0.15) is 5.82 Å². The highest BCUT2D eigenvalue weighted by atomic mass is 35.5. The number of hydrogen-bond donors (Lipinski definition) is 2. The van der Waals surface area contributed by atoms with Crippen molar-refractivity contribution in [2.75, 3.05) is 16.8 Å². The van der Waals surface area contributed by atoms with Gasteiger partial charge in [0.15, 0.2) is 10.9 Å². The summed E-state index contributed by atoms with van der Waals surface area (Å²) in [5.41, 5.74) is 2.58. The van der Waals surface area contributed by atoms with Gasteiger partial charge in [0.25, 0.3) is 0 Å². The summed E-state index contributed by atoms with van der Waals surface area (Å²) in [5.74, 6) is 0.691. The Morgan fingerprint density at radius 3 is 2.93 bits per heavy atom. The second kappa shape index (κ2) is 7.37. The minimum absolute atomic E-state index is 0.300. The molecule has 0 radical (unpaired) electrons. The molecule has 0 fully saturated rings. The molecule has 0 saturated heterocycles. The maximum atomic E-state index is 13.0. The van der Waals surface area contributed by atoms with Crippen molar-refractivity contribution >= 4 is 39.8 Å². The van der Waals surface area contributed by atoms with E-state index in [9.17, 15) is 4.39 Å². The van der Waals surface area contributed by atoms with Crippen molar-refractivity contribution in [3.63, 3.8) is 0 Å². The maximum absolute atomic E-state index is 13.0. The standard InChI is InChI=1S/C18H14ClFN8S/c19-12-2-1-4-21-13(12)9-28-5-3-14-15(11-8-24-27-16(11)28)25-18(29-14)26-17-22-6-10(20)7-23-17/h1-2,4,6-8H,3,5,9H2,(H,24,27)(H,22,23,25,26). The molecule has 0 unspecified atom stereocenters. The van der Waals surface area contributed by atoms with Crippen molar-refractivity contribution in [1.82, 2.24) is 30.1 Å². The third-order valence-electron chi connectivity index (χ3n) is 4.51. The van der Waals surface area contributed by atoms with Gasteiger partial charge < -0.3 is 10.2 Å². The molecule has 0 bridgehead atoms. The molecule has 29 heavy (non-hydrogen) atoms. The van der Waals surface area contributed by atoms with Crippen molar-refractivity contribution in [2.24, 2.45) is 0 Å². The predicted octanol–water partition coefficient (Wildman–Crippen LogP) is 3.82. The Hall–Kier alpha value is -3.11. The Morgan fingerprint density at radius 1 is 1.24 bits per heavy atom. The van der Waals surface area contributed by atoms with E-state index in [4.69, 9.17) is 16.6 Å². The van der Waals surface area contributed by atoms with Crippen molar-refractivity contribution in [3.8, 4) is 11.3 Å². The monoisotopic (exact) mass is 428 g/mol. The van der Waals surface area contributed by atoms with E-state index in [0.717, 1.165) is 53.0 Å². The molecule has 2 N–H and O–H groups in total. The summed E-state index contributed by atoms with van der Waals surface area (Å²) >= 11 is 7.81. The summed E-state index contributed by atoms with van der Waals surface area (Å²) in [4.78, 5) is 20.2. The van der Waals surface area contributed by atoms with E-state index in [2.05, 4.69) is 35.4 Å². The lowest BCUT2D eigenvalue weighted by atomic mass is 10.2. The number of H-pyrrole nitrogens is 1. The average molecular weight is 429 g/mol. The normalized spacial score (nSPS) is 13.0. The zero-order chi connectivity index (χ0) is 19.8. The highest BCUT2D eigenvalue weighted by molar-refractivity contribution is 7.16. The molecule has 11 heteroatoms. The van der Waals surface area contributed by atoms with Gasteiger partial charge in [0.2, 0.25) is 5.95 Å². The highest BCUT2D eigenvalue weighted by Gasteiger charge is 2.26. The molecule has 1 aliphatic rings. The van der Waals surface area contributed by atoms with Crippen LogP contribution < -0.4 is 10.2 Å². The molecule has 0 atom stereocenters. The maximum Gasteiger partial charge on any atom is 0.229 e. The Morgan fingerprint density at radius 2 is 2.10 bits per heavy atom. The lowest BCUT2D eigenvalue weighted by Gasteiger charge is -2.22. The Balaban J connectivity index is 1.44. The minimum atomic E-state index is -0.485. The molecule has 0 aliphatic carbocycles. The second-order valence-electron chi connectivity index (χ2n) is 6.38. The first-order valence-corrected chi connectivity index (χ1v) is 9.99. The van der Waals surface area contributed by atoms with Gasteiger partial charge in [-0.1, -0.05) is 11.6 Å². The average Bonchev–Trinajstić information content (AvgIpc) is 3.33. The largest absolute Gasteiger partial charge is 0.350 e. The quantitative estimate of drug-likeness (QED) is 0.510. The number of thiazole rings is 1. The molecular weight excluding hydrogens is 415 g/mol. The summed E-state index contributed by atoms with van der Waals surface area (Å²) in [6, 6.07) is 3.65. The Labute approximate surface area is 173 Å². The number of pyridine rings is 1. The third kappa shape index (κ3) is 3.52. The van der Waals surface area contributed by atoms with Gasteiger partial charge in [-0.2, -0.15) is 5.10 Å². The minimum Gasteiger partial charge on any atom is -0.350 e. The molecule has 0 amide bonds. The number of rotatable bonds is 4. The second-order valence-corrected chi connectivity index (χ2v) is 7.87. The van der Waals surface area contributed by atoms with Gasteiger partial charge in [-0.05, 0) is 12.1 Å². The van der Waals surface area contributed by atoms with Crippen LogP contribution in [0.1, 0.15) is 10.6 Å². The van der Waals surface area contributed by atoms with E-state index < -0.39 is 5.82 Å². The fourth-order valence-electron chi connectivity index (χ4n) is 3.17. The SMILES string of the molecule is Fc1cnc(Nc2nc3c(s2)CCN(Cc2ncccc2Cl)c2[nH]ncc2-3)nc1. The van der Waals surface area contributed by atoms with Crippen LogP contribution in [0.2, 0.25) is 5.02 Å². The van der Waals surface area contributed by atoms with Crippen LogP contribution in [0, 0.1) is 5.82 Å². The van der Waals surface area contributed by atoms with Crippen LogP contribution in [0.15, 0.2) is 36.9 Å². The summed E-state index contributed by atoms with van der Waals surface area (Å²) in [6.07, 6.45) is 6.53. The zero-order valence-corrected chi connectivity index (χ0v) is 16.5. The summed E-state index contributed by atoms with van der Waals surface area (Å²) in [7, 11) is 0. The van der Waals surface area contributed by atoms with Crippen molar-refractivity contribution in [3.05, 3.63) is 58.3 Å². The number of halogens is 2. The molecule has 4 aromatic rings. The first-order chi connectivity index (χ1) is 14.2. The van der Waals surface area contributed by atoms with E-state index in [-0.39, 0.29) is 0 Å². The van der Waals surface area contributed by atoms with E-state index in [1.807, 2.05) is 12.1 Å². The first-order valence-electron chi connectivity index (χ1n) is 8.80. The van der Waals surface area contributed by atoms with Crippen LogP contribution in [0.25, 0.3) is 11.3 Å². The van der Waals surface area contributed by atoms with Crippen LogP contribution in [-0.4, -0.2) is 36.7 Å². The van der Waals surface area contributed by atoms with Crippen molar-refractivity contribution in [1.29, 1.82) is 0 Å². The van der Waals surface area contributed by atoms with E-state index in [1.54, 1.807) is 12.4 Å². The molecule has 0 aromatic carbocycles. The molecule has 4 aromatic heterocycles. The van der Waals surface area contributed by atoms with Gasteiger partial charge in [-0.15, -0.1) is 11.3 Å². The summed E-state index contributed by atoms with van der Waals surface area (Å²) in [6.45, 7) is 1.32. The fraction of sp³-hybridized carbons (Fsp3) is 0.167. The number of anilines is 3. The smallest absolute Gasteiger partial charge is 0.229 e. The van der Waals surface area contributed by atoms with Crippen LogP contribution in [0.4, 0.5) is 21.3 Å². The molecule has 146 valence electrons. The van der Waals surface area contributed by atoms with E-state index in [1.165, 1.54) is 11.3 Å². The zero-order valence-electron chi connectivity index (χ0n) is 14.9. The number of hydrogen-bond acceptors (Lipinski definition) is 8. The highest BCUT2D eigenvalue weighted by Crippen LogP contribution is 2.39. The number of fused-ring (bicyclic) bond motifs is 3. The third-order valence-corrected chi connectivity index (χ3v) is 5.89. The van der Waals surface area contributed by atoms with Gasteiger partial charge in [-0.25, -0.2) is 19.3 Å². The first kappa shape index (κ1) is 18.0. The summed E-state index contributed by atoms with van der Waals surface area (Å²) in [5, 5.41) is 11.6. The molecule has 1 aliphatic heterocycles. The van der Waals surface area contributed by atoms with E-state index in [0.29, 0.717) is 22.6 Å². The molecule has 5 rings (SSSR count). The lowest BCUT2D eigenvalue weighted by molar-refractivity contribution is 0.614. The molecule has 8 nitrogen and oxygen atoms in total. The fourth-order valence-corrected chi connectivity index (χ4v) is 4.31. The molecule has 5 heterocycles. The van der Waals surface area contributed by atoms with Gasteiger partial charge in [0.05, 0.1) is 47.1 Å². The lowest BCUT2D eigenvalue weighted by Crippen LogP contribution is -2.25. The van der Waals surface area contributed by atoms with E-state index >= 15 is 0 Å². The van der Waals surface area contributed by atoms with Gasteiger partial charge in [-0.3, -0.25) is 10.1 Å².